The molecule has 0 bridgehead atoms. The molecule has 0 N–H and O–H groups in total. The number of aromatic nitrogens is 3. The number of halogens is 2. The molecule has 1 fully saturated rings. The van der Waals surface area contributed by atoms with E-state index < -0.39 is 11.7 Å². The van der Waals surface area contributed by atoms with Gasteiger partial charge in [0.2, 0.25) is 0 Å². The van der Waals surface area contributed by atoms with Gasteiger partial charge in [-0.15, -0.1) is 0 Å². The van der Waals surface area contributed by atoms with Crippen LogP contribution in [-0.2, 0) is 5.57 Å². The summed E-state index contributed by atoms with van der Waals surface area (Å²) in [7, 11) is 5.71. The summed E-state index contributed by atoms with van der Waals surface area (Å²) in [6, 6.07) is 9.28. The van der Waals surface area contributed by atoms with Crippen molar-refractivity contribution in [1.29, 1.82) is 0 Å². The summed E-state index contributed by atoms with van der Waals surface area (Å²) < 4.78 is 30.2. The normalized spacial score (nSPS) is 27.3. The summed E-state index contributed by atoms with van der Waals surface area (Å²) in [5.41, 5.74) is -1.10. The minimum Gasteiger partial charge on any atom is -0.246 e. The van der Waals surface area contributed by atoms with Crippen LogP contribution in [0.5, 0.6) is 0 Å². The zero-order valence-electron chi connectivity index (χ0n) is 11.4. The van der Waals surface area contributed by atoms with E-state index >= 15 is 0 Å². The van der Waals surface area contributed by atoms with Gasteiger partial charge in [0.15, 0.2) is 17.8 Å². The summed E-state index contributed by atoms with van der Waals surface area (Å²) in [4.78, 5) is 4.06. The van der Waals surface area contributed by atoms with E-state index in [9.17, 15) is 8.78 Å². The highest BCUT2D eigenvalue weighted by Gasteiger charge is 2.47. The minimum absolute atomic E-state index is 0.0803. The van der Waals surface area contributed by atoms with Gasteiger partial charge in [0, 0.05) is 6.42 Å². The Balaban J connectivity index is 1.74. The molecule has 0 unspecified atom stereocenters. The highest BCUT2D eigenvalue weighted by Crippen LogP contribution is 2.47. The maximum Gasteiger partial charge on any atom is 0.178 e. The van der Waals surface area contributed by atoms with Crippen molar-refractivity contribution in [1.82, 2.24) is 14.8 Å². The van der Waals surface area contributed by atoms with Gasteiger partial charge in [-0.05, 0) is 24.3 Å². The van der Waals surface area contributed by atoms with Crippen molar-refractivity contribution in [3.8, 4) is 0 Å². The van der Waals surface area contributed by atoms with Gasteiger partial charge in [0.05, 0.1) is 6.04 Å². The van der Waals surface area contributed by atoms with Crippen LogP contribution >= 0.6 is 0 Å². The molecule has 1 saturated carbocycles. The molecule has 3 atom stereocenters. The SMILES string of the molecule is [B][C@@](F)(c1nc2n(n1)[C@H](c1ccccc1)C[C@@H]2F)C1CC1. The standard InChI is InChI=1S/C15H14BF2N3/c16-15(18,10-6-7-10)14-19-13-11(17)8-12(21(13)20-14)9-4-2-1-3-5-9/h1-5,10-12H,6-8H2/t11-,12-,15-/m0/s1. The van der Waals surface area contributed by atoms with E-state index in [4.69, 9.17) is 7.85 Å². The first-order chi connectivity index (χ1) is 10.1. The van der Waals surface area contributed by atoms with Crippen LogP contribution in [0, 0.1) is 5.92 Å². The van der Waals surface area contributed by atoms with Crippen molar-refractivity contribution >= 4 is 7.85 Å². The van der Waals surface area contributed by atoms with Crippen molar-refractivity contribution in [2.24, 2.45) is 5.92 Å². The summed E-state index contributed by atoms with van der Waals surface area (Å²) in [6.45, 7) is 0. The monoisotopic (exact) mass is 285 g/mol. The fraction of sp³-hybridized carbons (Fsp3) is 0.467. The Morgan fingerprint density at radius 3 is 2.62 bits per heavy atom. The average Bonchev–Trinajstić information content (AvgIpc) is 3.17. The number of rotatable bonds is 3. The van der Waals surface area contributed by atoms with E-state index in [0.717, 1.165) is 18.4 Å². The van der Waals surface area contributed by atoms with Crippen LogP contribution in [0.15, 0.2) is 30.3 Å². The van der Waals surface area contributed by atoms with Crippen LogP contribution in [0.1, 0.15) is 48.7 Å². The fourth-order valence-electron chi connectivity index (χ4n) is 2.98. The molecule has 1 aromatic heterocycles. The second-order valence-corrected chi connectivity index (χ2v) is 5.91. The Kier molecular flexibility index (Phi) is 2.71. The van der Waals surface area contributed by atoms with Crippen LogP contribution in [0.25, 0.3) is 0 Å². The van der Waals surface area contributed by atoms with Crippen molar-refractivity contribution in [3.63, 3.8) is 0 Å². The molecule has 1 aliphatic heterocycles. The molecule has 1 aromatic carbocycles. The molecular formula is C15H14BF2N3. The Morgan fingerprint density at radius 1 is 1.24 bits per heavy atom. The van der Waals surface area contributed by atoms with Crippen molar-refractivity contribution in [2.75, 3.05) is 0 Å². The lowest BCUT2D eigenvalue weighted by Crippen LogP contribution is -2.25. The third-order valence-corrected chi connectivity index (χ3v) is 4.36. The maximum absolute atomic E-state index is 14.5. The third kappa shape index (κ3) is 2.00. The second-order valence-electron chi connectivity index (χ2n) is 5.91. The number of hydrogen-bond acceptors (Lipinski definition) is 2. The topological polar surface area (TPSA) is 30.7 Å². The summed E-state index contributed by atoms with van der Waals surface area (Å²) >= 11 is 0. The smallest absolute Gasteiger partial charge is 0.178 e. The molecular weight excluding hydrogens is 271 g/mol. The lowest BCUT2D eigenvalue weighted by atomic mass is 9.78. The van der Waals surface area contributed by atoms with E-state index in [1.54, 1.807) is 0 Å². The van der Waals surface area contributed by atoms with Gasteiger partial charge in [0.25, 0.3) is 0 Å². The van der Waals surface area contributed by atoms with Crippen molar-refractivity contribution in [3.05, 3.63) is 47.5 Å². The van der Waals surface area contributed by atoms with Crippen LogP contribution in [-0.4, -0.2) is 22.6 Å². The van der Waals surface area contributed by atoms with Crippen LogP contribution in [0.2, 0.25) is 0 Å². The highest BCUT2D eigenvalue weighted by molar-refractivity contribution is 6.14. The van der Waals surface area contributed by atoms with Gasteiger partial charge in [-0.2, -0.15) is 5.10 Å². The highest BCUT2D eigenvalue weighted by atomic mass is 19.1. The molecule has 3 nitrogen and oxygen atoms in total. The van der Waals surface area contributed by atoms with Crippen LogP contribution in [0.3, 0.4) is 0 Å². The summed E-state index contributed by atoms with van der Waals surface area (Å²) in [6.07, 6.45) is 0.523. The van der Waals surface area contributed by atoms with Crippen molar-refractivity contribution < 1.29 is 8.78 Å². The van der Waals surface area contributed by atoms with E-state index in [1.807, 2.05) is 30.3 Å². The molecule has 1 aliphatic carbocycles. The Labute approximate surface area is 122 Å². The largest absolute Gasteiger partial charge is 0.246 e. The van der Waals surface area contributed by atoms with Gasteiger partial charge >= 0.3 is 0 Å². The lowest BCUT2D eigenvalue weighted by molar-refractivity contribution is 0.227. The van der Waals surface area contributed by atoms with E-state index in [1.165, 1.54) is 4.68 Å². The zero-order chi connectivity index (χ0) is 14.6. The molecule has 2 heterocycles. The van der Waals surface area contributed by atoms with Gasteiger partial charge in [-0.3, -0.25) is 0 Å². The molecule has 0 spiro atoms. The molecule has 21 heavy (non-hydrogen) atoms. The van der Waals surface area contributed by atoms with E-state index in [2.05, 4.69) is 10.1 Å². The molecule has 6 heteroatoms. The van der Waals surface area contributed by atoms with Crippen molar-refractivity contribution in [2.45, 2.75) is 37.0 Å². The minimum atomic E-state index is -2.04. The Morgan fingerprint density at radius 2 is 1.95 bits per heavy atom. The number of nitrogens with zero attached hydrogens (tertiary/aromatic N) is 3. The van der Waals surface area contributed by atoms with E-state index in [-0.39, 0.29) is 30.0 Å². The lowest BCUT2D eigenvalue weighted by Gasteiger charge is -2.17. The van der Waals surface area contributed by atoms with Gasteiger partial charge in [-0.1, -0.05) is 30.3 Å². The molecule has 0 amide bonds. The number of fused-ring (bicyclic) bond motifs is 1. The van der Waals surface area contributed by atoms with Crippen LogP contribution in [0.4, 0.5) is 8.78 Å². The number of alkyl halides is 2. The number of benzene rings is 1. The molecule has 2 aliphatic rings. The fourth-order valence-corrected chi connectivity index (χ4v) is 2.98. The molecule has 2 radical (unpaired) electrons. The van der Waals surface area contributed by atoms with Gasteiger partial charge in [0.1, 0.15) is 13.4 Å². The van der Waals surface area contributed by atoms with Gasteiger partial charge in [-0.25, -0.2) is 18.4 Å². The van der Waals surface area contributed by atoms with Crippen LogP contribution < -0.4 is 0 Å². The first-order valence-electron chi connectivity index (χ1n) is 7.21. The molecule has 2 aromatic rings. The molecule has 106 valence electrons. The molecule has 0 saturated heterocycles. The molecule has 4 rings (SSSR count). The predicted molar refractivity (Wildman–Crippen MR) is 74.3 cm³/mol. The first kappa shape index (κ1) is 13.0. The maximum atomic E-state index is 14.5. The number of hydrogen-bond donors (Lipinski definition) is 0. The Hall–Kier alpha value is -1.72. The predicted octanol–water partition coefficient (Wildman–Crippen LogP) is 2.98. The second kappa shape index (κ2) is 4.39. The summed E-state index contributed by atoms with van der Waals surface area (Å²) in [5.74, 6) is -0.135. The Bertz CT molecular complexity index is 667. The zero-order valence-corrected chi connectivity index (χ0v) is 11.4. The average molecular weight is 285 g/mol. The van der Waals surface area contributed by atoms with E-state index in [0.29, 0.717) is 0 Å². The quantitative estimate of drug-likeness (QED) is 0.812. The van der Waals surface area contributed by atoms with Gasteiger partial charge < -0.3 is 0 Å². The third-order valence-electron chi connectivity index (χ3n) is 4.36. The first-order valence-corrected chi connectivity index (χ1v) is 7.21. The summed E-state index contributed by atoms with van der Waals surface area (Å²) in [5, 5.41) is 4.20.